The zero-order valence-corrected chi connectivity index (χ0v) is 14.3. The number of rotatable bonds is 5. The molecule has 4 nitrogen and oxygen atoms in total. The summed E-state index contributed by atoms with van der Waals surface area (Å²) in [6.45, 7) is 3.77. The zero-order chi connectivity index (χ0) is 17.5. The van der Waals surface area contributed by atoms with Crippen LogP contribution in [-0.2, 0) is 0 Å². The summed E-state index contributed by atoms with van der Waals surface area (Å²) < 4.78 is 0. The molecule has 24 heavy (non-hydrogen) atoms. The minimum atomic E-state index is -0.272. The molecule has 2 aromatic rings. The van der Waals surface area contributed by atoms with E-state index in [0.29, 0.717) is 16.3 Å². The molecule has 124 valence electrons. The lowest BCUT2D eigenvalue weighted by atomic mass is 10.1. The van der Waals surface area contributed by atoms with Gasteiger partial charge >= 0.3 is 6.03 Å². The molecular weight excluding hydrogens is 324 g/mol. The molecular formula is C19H19ClN2O2. The molecule has 0 radical (unpaired) electrons. The predicted molar refractivity (Wildman–Crippen MR) is 98.5 cm³/mol. The first-order valence-electron chi connectivity index (χ1n) is 7.59. The molecule has 0 heterocycles. The Hall–Kier alpha value is -2.59. The molecule has 5 heteroatoms. The Bertz CT molecular complexity index is 735. The van der Waals surface area contributed by atoms with Gasteiger partial charge in [-0.15, -0.1) is 0 Å². The summed E-state index contributed by atoms with van der Waals surface area (Å²) in [6, 6.07) is 13.8. The molecule has 0 bridgehead atoms. The van der Waals surface area contributed by atoms with Crippen molar-refractivity contribution < 1.29 is 9.59 Å². The Kier molecular flexibility index (Phi) is 6.15. The van der Waals surface area contributed by atoms with E-state index in [2.05, 4.69) is 10.6 Å². The molecule has 0 atom stereocenters. The van der Waals surface area contributed by atoms with Crippen LogP contribution in [0.3, 0.4) is 0 Å². The SMILES string of the molecule is CC(C)NC(=O)Nc1ccc(C(=O)/C=C/c2ccc(Cl)cc2)cc1. The topological polar surface area (TPSA) is 58.2 Å². The monoisotopic (exact) mass is 342 g/mol. The normalized spacial score (nSPS) is 10.8. The number of carbonyl (C=O) groups excluding carboxylic acids is 2. The van der Waals surface area contributed by atoms with Crippen LogP contribution in [0.15, 0.2) is 54.6 Å². The van der Waals surface area contributed by atoms with E-state index in [9.17, 15) is 9.59 Å². The number of anilines is 1. The maximum atomic E-state index is 12.2. The van der Waals surface area contributed by atoms with Crippen molar-refractivity contribution in [1.29, 1.82) is 0 Å². The van der Waals surface area contributed by atoms with Crippen LogP contribution in [0.4, 0.5) is 10.5 Å². The van der Waals surface area contributed by atoms with Crippen molar-refractivity contribution in [2.45, 2.75) is 19.9 Å². The summed E-state index contributed by atoms with van der Waals surface area (Å²) >= 11 is 5.82. The lowest BCUT2D eigenvalue weighted by Gasteiger charge is -2.10. The van der Waals surface area contributed by atoms with Gasteiger partial charge in [0.1, 0.15) is 0 Å². The molecule has 0 saturated heterocycles. The van der Waals surface area contributed by atoms with Gasteiger partial charge in [0.25, 0.3) is 0 Å². The Labute approximate surface area is 146 Å². The van der Waals surface area contributed by atoms with Crippen molar-refractivity contribution in [3.05, 3.63) is 70.8 Å². The Morgan fingerprint density at radius 2 is 1.62 bits per heavy atom. The number of hydrogen-bond donors (Lipinski definition) is 2. The van der Waals surface area contributed by atoms with E-state index in [0.717, 1.165) is 5.56 Å². The molecule has 0 aliphatic rings. The average molecular weight is 343 g/mol. The van der Waals surface area contributed by atoms with E-state index in [1.807, 2.05) is 26.0 Å². The maximum absolute atomic E-state index is 12.2. The van der Waals surface area contributed by atoms with Gasteiger partial charge in [0, 0.05) is 22.3 Å². The second kappa shape index (κ2) is 8.31. The number of urea groups is 1. The highest BCUT2D eigenvalue weighted by molar-refractivity contribution is 6.30. The zero-order valence-electron chi connectivity index (χ0n) is 13.5. The minimum absolute atomic E-state index is 0.0591. The number of benzene rings is 2. The summed E-state index contributed by atoms with van der Waals surface area (Å²) in [5, 5.41) is 6.10. The van der Waals surface area contributed by atoms with Crippen LogP contribution in [0.2, 0.25) is 5.02 Å². The van der Waals surface area contributed by atoms with Gasteiger partial charge in [-0.3, -0.25) is 4.79 Å². The third-order valence-corrected chi connectivity index (χ3v) is 3.40. The van der Waals surface area contributed by atoms with Crippen molar-refractivity contribution >= 4 is 35.2 Å². The minimum Gasteiger partial charge on any atom is -0.336 e. The second-order valence-electron chi connectivity index (χ2n) is 5.58. The molecule has 0 unspecified atom stereocenters. The highest BCUT2D eigenvalue weighted by Gasteiger charge is 2.05. The third-order valence-electron chi connectivity index (χ3n) is 3.14. The first kappa shape index (κ1) is 17.8. The molecule has 0 fully saturated rings. The molecule has 0 spiro atoms. The van der Waals surface area contributed by atoms with Crippen LogP contribution in [0, 0.1) is 0 Å². The van der Waals surface area contributed by atoms with E-state index < -0.39 is 0 Å². The highest BCUT2D eigenvalue weighted by Crippen LogP contribution is 2.13. The van der Waals surface area contributed by atoms with E-state index >= 15 is 0 Å². The summed E-state index contributed by atoms with van der Waals surface area (Å²) in [4.78, 5) is 23.8. The van der Waals surface area contributed by atoms with Crippen molar-refractivity contribution in [2.75, 3.05) is 5.32 Å². The average Bonchev–Trinajstić information content (AvgIpc) is 2.54. The lowest BCUT2D eigenvalue weighted by Crippen LogP contribution is -2.34. The van der Waals surface area contributed by atoms with Gasteiger partial charge in [-0.05, 0) is 61.9 Å². The number of nitrogens with one attached hydrogen (secondary N) is 2. The summed E-state index contributed by atoms with van der Waals surface area (Å²) in [5.41, 5.74) is 2.08. The number of hydrogen-bond acceptors (Lipinski definition) is 2. The van der Waals surface area contributed by atoms with E-state index in [4.69, 9.17) is 11.6 Å². The maximum Gasteiger partial charge on any atom is 0.319 e. The summed E-state index contributed by atoms with van der Waals surface area (Å²) in [7, 11) is 0. The third kappa shape index (κ3) is 5.56. The standard InChI is InChI=1S/C19H19ClN2O2/c1-13(2)21-19(24)22-17-10-6-15(7-11-17)18(23)12-5-14-3-8-16(20)9-4-14/h3-13H,1-2H3,(H2,21,22,24)/b12-5+. The van der Waals surface area contributed by atoms with Crippen molar-refractivity contribution in [2.24, 2.45) is 0 Å². The molecule has 2 amide bonds. The summed E-state index contributed by atoms with van der Waals surface area (Å²) in [5.74, 6) is -0.108. The van der Waals surface area contributed by atoms with E-state index in [1.54, 1.807) is 42.5 Å². The Morgan fingerprint density at radius 1 is 1.00 bits per heavy atom. The van der Waals surface area contributed by atoms with Gasteiger partial charge in [0.15, 0.2) is 5.78 Å². The predicted octanol–water partition coefficient (Wildman–Crippen LogP) is 4.77. The fourth-order valence-corrected chi connectivity index (χ4v) is 2.12. The van der Waals surface area contributed by atoms with Gasteiger partial charge in [-0.2, -0.15) is 0 Å². The van der Waals surface area contributed by atoms with Crippen LogP contribution < -0.4 is 10.6 Å². The van der Waals surface area contributed by atoms with Gasteiger partial charge in [0.05, 0.1) is 0 Å². The van der Waals surface area contributed by atoms with Crippen molar-refractivity contribution in [1.82, 2.24) is 5.32 Å². The number of amides is 2. The van der Waals surface area contributed by atoms with Crippen LogP contribution >= 0.6 is 11.6 Å². The summed E-state index contributed by atoms with van der Waals surface area (Å²) in [6.07, 6.45) is 3.25. The number of halogens is 1. The molecule has 2 N–H and O–H groups in total. The highest BCUT2D eigenvalue weighted by atomic mass is 35.5. The second-order valence-corrected chi connectivity index (χ2v) is 6.02. The molecule has 0 aromatic heterocycles. The first-order valence-corrected chi connectivity index (χ1v) is 7.97. The van der Waals surface area contributed by atoms with Gasteiger partial charge in [-0.25, -0.2) is 4.79 Å². The van der Waals surface area contributed by atoms with Crippen LogP contribution in [0.1, 0.15) is 29.8 Å². The quantitative estimate of drug-likeness (QED) is 0.607. The molecule has 2 aromatic carbocycles. The first-order chi connectivity index (χ1) is 11.4. The number of ketones is 1. The van der Waals surface area contributed by atoms with Crippen LogP contribution in [-0.4, -0.2) is 17.9 Å². The van der Waals surface area contributed by atoms with Crippen molar-refractivity contribution in [3.8, 4) is 0 Å². The van der Waals surface area contributed by atoms with E-state index in [1.165, 1.54) is 6.08 Å². The fraction of sp³-hybridized carbons (Fsp3) is 0.158. The Balaban J connectivity index is 1.98. The number of carbonyl (C=O) groups is 2. The largest absolute Gasteiger partial charge is 0.336 e. The lowest BCUT2D eigenvalue weighted by molar-refractivity contribution is 0.104. The van der Waals surface area contributed by atoms with Crippen molar-refractivity contribution in [3.63, 3.8) is 0 Å². The molecule has 0 aliphatic carbocycles. The van der Waals surface area contributed by atoms with E-state index in [-0.39, 0.29) is 17.9 Å². The van der Waals surface area contributed by atoms with Crippen LogP contribution in [0.25, 0.3) is 6.08 Å². The molecule has 0 aliphatic heterocycles. The Morgan fingerprint density at radius 3 is 2.21 bits per heavy atom. The smallest absolute Gasteiger partial charge is 0.319 e. The molecule has 0 saturated carbocycles. The molecule has 2 rings (SSSR count). The van der Waals surface area contributed by atoms with Gasteiger partial charge in [0.2, 0.25) is 0 Å². The van der Waals surface area contributed by atoms with Gasteiger partial charge < -0.3 is 10.6 Å². The fourth-order valence-electron chi connectivity index (χ4n) is 1.99. The van der Waals surface area contributed by atoms with Gasteiger partial charge in [-0.1, -0.05) is 29.8 Å². The van der Waals surface area contributed by atoms with Crippen LogP contribution in [0.5, 0.6) is 0 Å². The number of allylic oxidation sites excluding steroid dienone is 1.